The van der Waals surface area contributed by atoms with E-state index in [4.69, 9.17) is 4.98 Å². The molecule has 13 aromatic rings. The van der Waals surface area contributed by atoms with Gasteiger partial charge in [-0.25, -0.2) is 0 Å². The van der Waals surface area contributed by atoms with Gasteiger partial charge in [0.1, 0.15) is 0 Å². The van der Waals surface area contributed by atoms with Crippen molar-refractivity contribution in [1.29, 1.82) is 0 Å². The Morgan fingerprint density at radius 2 is 0.968 bits per heavy atom. The third-order valence-electron chi connectivity index (χ3n) is 13.7. The third kappa shape index (κ3) is 5.09. The number of hydrogen-bond donors (Lipinski definition) is 0. The summed E-state index contributed by atoms with van der Waals surface area (Å²) in [7, 11) is 0. The van der Waals surface area contributed by atoms with Gasteiger partial charge < -0.3 is 4.57 Å². The van der Waals surface area contributed by atoms with Crippen LogP contribution in [0.15, 0.2) is 212 Å². The van der Waals surface area contributed by atoms with Crippen molar-refractivity contribution in [3.63, 3.8) is 0 Å². The monoisotopic (exact) mass is 816 g/mol. The van der Waals surface area contributed by atoms with E-state index >= 15 is 0 Å². The second-order valence-electron chi connectivity index (χ2n) is 17.0. The van der Waals surface area contributed by atoms with E-state index in [1.165, 1.54) is 124 Å². The van der Waals surface area contributed by atoms with Crippen molar-refractivity contribution < 1.29 is 0 Å². The summed E-state index contributed by atoms with van der Waals surface area (Å²) in [6.07, 6.45) is 2.12. The molecule has 292 valence electrons. The van der Waals surface area contributed by atoms with E-state index in [1.54, 1.807) is 0 Å². The molecule has 3 heteroatoms. The maximum Gasteiger partial charge on any atom is 0.0589 e. The predicted molar refractivity (Wildman–Crippen MR) is 268 cm³/mol. The van der Waals surface area contributed by atoms with Gasteiger partial charge in [0.05, 0.1) is 27.3 Å². The van der Waals surface area contributed by atoms with Gasteiger partial charge in [-0.3, -0.25) is 4.98 Å². The molecule has 1 atom stereocenters. The number of hydrogen-bond acceptors (Lipinski definition) is 2. The van der Waals surface area contributed by atoms with Gasteiger partial charge >= 0.3 is 0 Å². The first-order valence-corrected chi connectivity index (χ1v) is 22.5. The van der Waals surface area contributed by atoms with Crippen molar-refractivity contribution in [3.8, 4) is 39.1 Å². The average Bonchev–Trinajstić information content (AvgIpc) is 4.01. The smallest absolute Gasteiger partial charge is 0.0589 e. The van der Waals surface area contributed by atoms with Gasteiger partial charge in [0.2, 0.25) is 0 Å². The Morgan fingerprint density at radius 1 is 0.381 bits per heavy atom. The molecule has 63 heavy (non-hydrogen) atoms. The first-order chi connectivity index (χ1) is 31.2. The Labute approximate surface area is 367 Å². The Balaban J connectivity index is 0.920. The Morgan fingerprint density at radius 3 is 1.75 bits per heavy atom. The summed E-state index contributed by atoms with van der Waals surface area (Å²) in [5.41, 5.74) is 14.8. The SMILES string of the molecule is c1ccc(-n2c3ccccc3c3ccc4c(c32)C(c2cc3c(cn2)sc2ccc(-c5cccc(-c6ccc7c8ccccc8c8ccccc8c7c6)c5)cc23)c2ccccc2-4)cc1. The number of thiophene rings is 1. The first-order valence-electron chi connectivity index (χ1n) is 21.7. The van der Waals surface area contributed by atoms with Crippen LogP contribution in [0.2, 0.25) is 0 Å². The van der Waals surface area contributed by atoms with Crippen molar-refractivity contribution in [2.75, 3.05) is 0 Å². The summed E-state index contributed by atoms with van der Waals surface area (Å²) in [4.78, 5) is 5.33. The number of aromatic nitrogens is 2. The molecule has 0 spiro atoms. The summed E-state index contributed by atoms with van der Waals surface area (Å²) in [5.74, 6) is -0.0250. The van der Waals surface area contributed by atoms with E-state index in [2.05, 4.69) is 217 Å². The Bertz CT molecular complexity index is 4010. The average molecular weight is 817 g/mol. The zero-order valence-electron chi connectivity index (χ0n) is 34.1. The summed E-state index contributed by atoms with van der Waals surface area (Å²) in [6, 6.07) is 76.3. The van der Waals surface area contributed by atoms with Crippen LogP contribution < -0.4 is 0 Å². The molecule has 2 nitrogen and oxygen atoms in total. The van der Waals surface area contributed by atoms with Crippen molar-refractivity contribution in [2.24, 2.45) is 0 Å². The molecule has 0 saturated carbocycles. The molecular weight excluding hydrogens is 781 g/mol. The van der Waals surface area contributed by atoms with Gasteiger partial charge in [0, 0.05) is 38.1 Å². The molecule has 1 aliphatic carbocycles. The largest absolute Gasteiger partial charge is 0.309 e. The van der Waals surface area contributed by atoms with Gasteiger partial charge in [-0.05, 0) is 125 Å². The highest BCUT2D eigenvalue weighted by Crippen LogP contribution is 2.53. The molecule has 3 heterocycles. The maximum absolute atomic E-state index is 5.33. The van der Waals surface area contributed by atoms with Crippen LogP contribution in [0.4, 0.5) is 0 Å². The van der Waals surface area contributed by atoms with Crippen molar-refractivity contribution in [2.45, 2.75) is 5.92 Å². The molecule has 0 amide bonds. The van der Waals surface area contributed by atoms with Crippen LogP contribution in [0.25, 0.3) is 113 Å². The quantitative estimate of drug-likeness (QED) is 0.162. The van der Waals surface area contributed by atoms with Crippen molar-refractivity contribution in [1.82, 2.24) is 9.55 Å². The lowest BCUT2D eigenvalue weighted by molar-refractivity contribution is 0.953. The van der Waals surface area contributed by atoms with E-state index in [9.17, 15) is 0 Å². The molecule has 0 N–H and O–H groups in total. The summed E-state index contributed by atoms with van der Waals surface area (Å²) < 4.78 is 4.96. The fourth-order valence-electron chi connectivity index (χ4n) is 10.9. The second kappa shape index (κ2) is 13.3. The van der Waals surface area contributed by atoms with E-state index in [0.29, 0.717) is 0 Å². The van der Waals surface area contributed by atoms with E-state index in [0.717, 1.165) is 5.69 Å². The molecule has 1 unspecified atom stereocenters. The fraction of sp³-hybridized carbons (Fsp3) is 0.0167. The molecular formula is C60H36N2S. The Kier molecular flexibility index (Phi) is 7.36. The zero-order valence-corrected chi connectivity index (χ0v) is 34.9. The second-order valence-corrected chi connectivity index (χ2v) is 18.1. The zero-order chi connectivity index (χ0) is 41.2. The fourth-order valence-corrected chi connectivity index (χ4v) is 11.9. The molecule has 0 fully saturated rings. The van der Waals surface area contributed by atoms with Crippen LogP contribution in [-0.2, 0) is 0 Å². The lowest BCUT2D eigenvalue weighted by Gasteiger charge is -2.17. The molecule has 14 rings (SSSR count). The highest BCUT2D eigenvalue weighted by molar-refractivity contribution is 7.25. The van der Waals surface area contributed by atoms with Crippen LogP contribution in [0.3, 0.4) is 0 Å². The molecule has 3 aromatic heterocycles. The number of nitrogens with zero attached hydrogens (tertiary/aromatic N) is 2. The normalized spacial score (nSPS) is 13.6. The van der Waals surface area contributed by atoms with E-state index in [1.807, 2.05) is 11.3 Å². The third-order valence-corrected chi connectivity index (χ3v) is 14.8. The van der Waals surface area contributed by atoms with E-state index in [-0.39, 0.29) is 5.92 Å². The lowest BCUT2D eigenvalue weighted by atomic mass is 9.90. The summed E-state index contributed by atoms with van der Waals surface area (Å²) in [5, 5.41) is 12.8. The van der Waals surface area contributed by atoms with Gasteiger partial charge in [0.15, 0.2) is 0 Å². The topological polar surface area (TPSA) is 17.8 Å². The number of para-hydroxylation sites is 2. The molecule has 1 aliphatic rings. The lowest BCUT2D eigenvalue weighted by Crippen LogP contribution is -2.05. The first kappa shape index (κ1) is 34.8. The van der Waals surface area contributed by atoms with Crippen LogP contribution in [0.1, 0.15) is 22.7 Å². The standard InChI is InChI=1S/C60H36N2S/c1-2-15-40(16-3-1)62-55-24-11-10-22-47(55)50-29-28-49-45-21-8-9-23-48(45)58(59(49)60(50)62)54-34-53-52-33-39(26-30-56(52)63-57(53)35-61-54)37-14-12-13-36(31-37)38-25-27-46-43-19-5-4-17-41(43)42-18-6-7-20-44(42)51(46)32-38/h1-35,58H. The number of pyridine rings is 1. The van der Waals surface area contributed by atoms with Crippen molar-refractivity contribution in [3.05, 3.63) is 229 Å². The van der Waals surface area contributed by atoms with E-state index < -0.39 is 0 Å². The number of rotatable bonds is 4. The summed E-state index contributed by atoms with van der Waals surface area (Å²) >= 11 is 1.83. The highest BCUT2D eigenvalue weighted by Gasteiger charge is 2.35. The summed E-state index contributed by atoms with van der Waals surface area (Å²) in [6.45, 7) is 0. The van der Waals surface area contributed by atoms with Gasteiger partial charge in [-0.15, -0.1) is 11.3 Å². The number of benzene rings is 10. The minimum atomic E-state index is -0.0250. The molecule has 0 saturated heterocycles. The van der Waals surface area contributed by atoms with Crippen LogP contribution in [0.5, 0.6) is 0 Å². The minimum absolute atomic E-state index is 0.0250. The minimum Gasteiger partial charge on any atom is -0.309 e. The van der Waals surface area contributed by atoms with Gasteiger partial charge in [-0.2, -0.15) is 0 Å². The molecule has 10 aromatic carbocycles. The maximum atomic E-state index is 5.33. The van der Waals surface area contributed by atoms with Crippen LogP contribution in [0, 0.1) is 0 Å². The molecule has 0 aliphatic heterocycles. The van der Waals surface area contributed by atoms with Gasteiger partial charge in [0.25, 0.3) is 0 Å². The predicted octanol–water partition coefficient (Wildman–Crippen LogP) is 16.5. The highest BCUT2D eigenvalue weighted by atomic mass is 32.1. The molecule has 0 radical (unpaired) electrons. The molecule has 0 bridgehead atoms. The van der Waals surface area contributed by atoms with Crippen LogP contribution >= 0.6 is 11.3 Å². The Hall–Kier alpha value is -7.85. The van der Waals surface area contributed by atoms with Crippen molar-refractivity contribution >= 4 is 85.6 Å². The van der Waals surface area contributed by atoms with Crippen LogP contribution in [-0.4, -0.2) is 9.55 Å². The van der Waals surface area contributed by atoms with Gasteiger partial charge in [-0.1, -0.05) is 158 Å². The number of fused-ring (bicyclic) bond motifs is 16.